The highest BCUT2D eigenvalue weighted by Gasteiger charge is 2.21. The Kier molecular flexibility index (Phi) is 8.64. The third kappa shape index (κ3) is 8.90. The molecule has 1 fully saturated rings. The van der Waals surface area contributed by atoms with E-state index in [-0.39, 0.29) is 6.10 Å². The molecule has 0 spiro atoms. The predicted octanol–water partition coefficient (Wildman–Crippen LogP) is 2.72. The van der Waals surface area contributed by atoms with Gasteiger partial charge < -0.3 is 15.2 Å². The average molecular weight is 257 g/mol. The van der Waals surface area contributed by atoms with E-state index in [0.717, 1.165) is 12.5 Å². The molecule has 1 rings (SSSR count). The first-order chi connectivity index (χ1) is 8.72. The van der Waals surface area contributed by atoms with Gasteiger partial charge in [0.1, 0.15) is 0 Å². The van der Waals surface area contributed by atoms with Crippen LogP contribution < -0.4 is 5.32 Å². The third-order valence-electron chi connectivity index (χ3n) is 3.55. The molecule has 2 unspecified atom stereocenters. The molecule has 2 N–H and O–H groups in total. The Morgan fingerprint density at radius 3 is 2.72 bits per heavy atom. The summed E-state index contributed by atoms with van der Waals surface area (Å²) in [6.07, 6.45) is 8.71. The van der Waals surface area contributed by atoms with Crippen molar-refractivity contribution in [2.75, 3.05) is 19.8 Å². The van der Waals surface area contributed by atoms with Crippen LogP contribution in [0.5, 0.6) is 0 Å². The van der Waals surface area contributed by atoms with Gasteiger partial charge >= 0.3 is 0 Å². The lowest BCUT2D eigenvalue weighted by Crippen LogP contribution is -2.36. The van der Waals surface area contributed by atoms with Crippen LogP contribution in [0.1, 0.15) is 58.8 Å². The zero-order valence-corrected chi connectivity index (χ0v) is 12.2. The number of aliphatic hydroxyl groups excluding tert-OH is 1. The minimum absolute atomic E-state index is 0.359. The van der Waals surface area contributed by atoms with Gasteiger partial charge in [0, 0.05) is 19.2 Å². The maximum atomic E-state index is 9.75. The van der Waals surface area contributed by atoms with E-state index in [0.29, 0.717) is 19.2 Å². The van der Waals surface area contributed by atoms with Crippen molar-refractivity contribution in [3.63, 3.8) is 0 Å². The SMILES string of the molecule is CCCCCCC(C)NCC(O)COCC1CC1. The van der Waals surface area contributed by atoms with Gasteiger partial charge in [-0.1, -0.05) is 32.6 Å². The minimum Gasteiger partial charge on any atom is -0.389 e. The van der Waals surface area contributed by atoms with Gasteiger partial charge in [0.05, 0.1) is 12.7 Å². The van der Waals surface area contributed by atoms with Crippen molar-refractivity contribution in [3.05, 3.63) is 0 Å². The first-order valence-corrected chi connectivity index (χ1v) is 7.71. The largest absolute Gasteiger partial charge is 0.389 e. The molecule has 0 saturated heterocycles. The first-order valence-electron chi connectivity index (χ1n) is 7.71. The van der Waals surface area contributed by atoms with Crippen molar-refractivity contribution < 1.29 is 9.84 Å². The molecule has 0 aliphatic heterocycles. The third-order valence-corrected chi connectivity index (χ3v) is 3.55. The van der Waals surface area contributed by atoms with E-state index in [4.69, 9.17) is 4.74 Å². The van der Waals surface area contributed by atoms with Gasteiger partial charge in [-0.05, 0) is 32.1 Å². The number of rotatable bonds is 12. The maximum Gasteiger partial charge on any atom is 0.0897 e. The van der Waals surface area contributed by atoms with Gasteiger partial charge in [-0.25, -0.2) is 0 Å². The number of hydrogen-bond donors (Lipinski definition) is 2. The van der Waals surface area contributed by atoms with E-state index in [1.807, 2.05) is 0 Å². The quantitative estimate of drug-likeness (QED) is 0.528. The van der Waals surface area contributed by atoms with Crippen molar-refractivity contribution in [2.24, 2.45) is 5.92 Å². The summed E-state index contributed by atoms with van der Waals surface area (Å²) in [5.74, 6) is 0.780. The second-order valence-electron chi connectivity index (χ2n) is 5.79. The summed E-state index contributed by atoms with van der Waals surface area (Å²) in [5.41, 5.74) is 0. The molecule has 18 heavy (non-hydrogen) atoms. The van der Waals surface area contributed by atoms with Crippen LogP contribution >= 0.6 is 0 Å². The molecule has 0 amide bonds. The van der Waals surface area contributed by atoms with Crippen LogP contribution in [-0.4, -0.2) is 37.0 Å². The fourth-order valence-electron chi connectivity index (χ4n) is 2.03. The molecule has 0 bridgehead atoms. The Labute approximate surface area is 112 Å². The molecular weight excluding hydrogens is 226 g/mol. The zero-order valence-electron chi connectivity index (χ0n) is 12.2. The van der Waals surface area contributed by atoms with Crippen LogP contribution in [-0.2, 0) is 4.74 Å². The van der Waals surface area contributed by atoms with E-state index in [1.165, 1.54) is 44.9 Å². The predicted molar refractivity (Wildman–Crippen MR) is 75.8 cm³/mol. The van der Waals surface area contributed by atoms with Crippen LogP contribution in [0, 0.1) is 5.92 Å². The topological polar surface area (TPSA) is 41.5 Å². The van der Waals surface area contributed by atoms with E-state index in [2.05, 4.69) is 19.2 Å². The molecular formula is C15H31NO2. The van der Waals surface area contributed by atoms with Crippen LogP contribution in [0.25, 0.3) is 0 Å². The Morgan fingerprint density at radius 1 is 1.28 bits per heavy atom. The molecule has 3 nitrogen and oxygen atoms in total. The van der Waals surface area contributed by atoms with Crippen LogP contribution in [0.3, 0.4) is 0 Å². The Morgan fingerprint density at radius 2 is 2.06 bits per heavy atom. The van der Waals surface area contributed by atoms with Gasteiger partial charge in [-0.3, -0.25) is 0 Å². The van der Waals surface area contributed by atoms with Crippen molar-refractivity contribution >= 4 is 0 Å². The Bertz CT molecular complexity index is 195. The standard InChI is InChI=1S/C15H31NO2/c1-3-4-5-6-7-13(2)16-10-15(17)12-18-11-14-8-9-14/h13-17H,3-12H2,1-2H3. The summed E-state index contributed by atoms with van der Waals surface area (Å²) in [5, 5.41) is 13.1. The van der Waals surface area contributed by atoms with Crippen LogP contribution in [0.2, 0.25) is 0 Å². The molecule has 0 heterocycles. The van der Waals surface area contributed by atoms with Gasteiger partial charge in [0.25, 0.3) is 0 Å². The number of nitrogens with one attached hydrogen (secondary N) is 1. The van der Waals surface area contributed by atoms with Gasteiger partial charge in [-0.15, -0.1) is 0 Å². The highest BCUT2D eigenvalue weighted by molar-refractivity contribution is 4.72. The van der Waals surface area contributed by atoms with Crippen molar-refractivity contribution in [2.45, 2.75) is 70.9 Å². The highest BCUT2D eigenvalue weighted by atomic mass is 16.5. The molecule has 0 radical (unpaired) electrons. The van der Waals surface area contributed by atoms with E-state index in [1.54, 1.807) is 0 Å². The van der Waals surface area contributed by atoms with E-state index in [9.17, 15) is 5.11 Å². The van der Waals surface area contributed by atoms with Crippen molar-refractivity contribution in [3.8, 4) is 0 Å². The summed E-state index contributed by atoms with van der Waals surface area (Å²) in [4.78, 5) is 0. The van der Waals surface area contributed by atoms with E-state index < -0.39 is 0 Å². The number of hydrogen-bond acceptors (Lipinski definition) is 3. The lowest BCUT2D eigenvalue weighted by molar-refractivity contribution is 0.0313. The smallest absolute Gasteiger partial charge is 0.0897 e. The molecule has 2 atom stereocenters. The fourth-order valence-corrected chi connectivity index (χ4v) is 2.03. The molecule has 0 aromatic heterocycles. The molecule has 0 aromatic rings. The molecule has 0 aromatic carbocycles. The Balaban J connectivity index is 1.86. The van der Waals surface area contributed by atoms with Gasteiger partial charge in [0.2, 0.25) is 0 Å². The van der Waals surface area contributed by atoms with Crippen molar-refractivity contribution in [1.82, 2.24) is 5.32 Å². The van der Waals surface area contributed by atoms with Crippen LogP contribution in [0.15, 0.2) is 0 Å². The summed E-state index contributed by atoms with van der Waals surface area (Å²) in [6, 6.07) is 0.500. The molecule has 3 heteroatoms. The normalized spacial score (nSPS) is 18.8. The molecule has 108 valence electrons. The van der Waals surface area contributed by atoms with Crippen LogP contribution in [0.4, 0.5) is 0 Å². The summed E-state index contributed by atoms with van der Waals surface area (Å²) in [7, 11) is 0. The fraction of sp³-hybridized carbons (Fsp3) is 1.00. The second kappa shape index (κ2) is 9.76. The minimum atomic E-state index is -0.359. The number of aliphatic hydroxyl groups is 1. The monoisotopic (exact) mass is 257 g/mol. The second-order valence-corrected chi connectivity index (χ2v) is 5.79. The van der Waals surface area contributed by atoms with Gasteiger partial charge in [0.15, 0.2) is 0 Å². The van der Waals surface area contributed by atoms with Gasteiger partial charge in [-0.2, -0.15) is 0 Å². The molecule has 1 aliphatic carbocycles. The number of unbranched alkanes of at least 4 members (excludes halogenated alkanes) is 3. The summed E-state index contributed by atoms with van der Waals surface area (Å²) in [6.45, 7) is 6.40. The lowest BCUT2D eigenvalue weighted by atomic mass is 10.1. The first kappa shape index (κ1) is 15.9. The molecule has 1 aliphatic rings. The van der Waals surface area contributed by atoms with E-state index >= 15 is 0 Å². The highest BCUT2D eigenvalue weighted by Crippen LogP contribution is 2.28. The lowest BCUT2D eigenvalue weighted by Gasteiger charge is -2.17. The maximum absolute atomic E-state index is 9.75. The summed E-state index contributed by atoms with van der Waals surface area (Å²) >= 11 is 0. The van der Waals surface area contributed by atoms with Crippen molar-refractivity contribution in [1.29, 1.82) is 0 Å². The Hall–Kier alpha value is -0.120. The molecule has 1 saturated carbocycles. The number of ether oxygens (including phenoxy) is 1. The average Bonchev–Trinajstić information content (AvgIpc) is 3.16. The zero-order chi connectivity index (χ0) is 13.2. The summed E-state index contributed by atoms with van der Waals surface area (Å²) < 4.78 is 5.47.